The van der Waals surface area contributed by atoms with Crippen LogP contribution in [0.4, 0.5) is 11.4 Å². The first-order valence-corrected chi connectivity index (χ1v) is 10.7. The molecule has 2 rings (SSSR count). The van der Waals surface area contributed by atoms with Crippen LogP contribution in [-0.4, -0.2) is 25.8 Å². The summed E-state index contributed by atoms with van der Waals surface area (Å²) in [6.07, 6.45) is 3.83. The quantitative estimate of drug-likeness (QED) is 0.152. The van der Waals surface area contributed by atoms with E-state index >= 15 is 0 Å². The summed E-state index contributed by atoms with van der Waals surface area (Å²) in [7, 11) is 0. The normalized spacial score (nSPS) is 10.8. The molecule has 0 N–H and O–H groups in total. The number of unbranched alkanes of at least 4 members (excludes halogenated alkanes) is 3. The highest BCUT2D eigenvalue weighted by Gasteiger charge is 2.03. The van der Waals surface area contributed by atoms with E-state index in [0.29, 0.717) is 25.4 Å². The predicted octanol–water partition coefficient (Wildman–Crippen LogP) is 6.87. The van der Waals surface area contributed by atoms with E-state index in [1.165, 1.54) is 0 Å². The van der Waals surface area contributed by atoms with E-state index in [9.17, 15) is 4.79 Å². The minimum Gasteiger partial charge on any atom is -0.494 e. The number of hydrogen-bond donors (Lipinski definition) is 0. The lowest BCUT2D eigenvalue weighted by atomic mass is 10.2. The van der Waals surface area contributed by atoms with Crippen LogP contribution in [0.1, 0.15) is 45.1 Å². The van der Waals surface area contributed by atoms with Crippen molar-refractivity contribution in [2.45, 2.75) is 46.5 Å². The van der Waals surface area contributed by atoms with E-state index in [0.717, 1.165) is 54.1 Å². The molecule has 166 valence electrons. The highest BCUT2D eigenvalue weighted by atomic mass is 16.5. The van der Waals surface area contributed by atoms with E-state index < -0.39 is 0 Å². The van der Waals surface area contributed by atoms with Gasteiger partial charge in [0, 0.05) is 5.57 Å². The van der Waals surface area contributed by atoms with Gasteiger partial charge in [-0.15, -0.1) is 0 Å². The maximum Gasteiger partial charge on any atom is 0.333 e. The molecular formula is C25H32N2O4. The first-order valence-electron chi connectivity index (χ1n) is 10.7. The van der Waals surface area contributed by atoms with Crippen molar-refractivity contribution >= 4 is 17.3 Å². The molecular weight excluding hydrogens is 392 g/mol. The van der Waals surface area contributed by atoms with Crippen LogP contribution in [0.2, 0.25) is 0 Å². The van der Waals surface area contributed by atoms with Gasteiger partial charge in [0.15, 0.2) is 0 Å². The monoisotopic (exact) mass is 424 g/mol. The Kier molecular flexibility index (Phi) is 10.3. The number of benzene rings is 2. The standard InChI is InChI=1S/C25H32N2O4/c1-5-29-23-13-10-21(11-14-23)26-27-22-12-15-24(20(4)18-22)30-16-8-6-7-9-17-31-25(28)19(2)3/h10-15,18H,2,5-9,16-17H2,1,3-4H3. The Bertz CT molecular complexity index is 876. The van der Waals surface area contributed by atoms with Crippen molar-refractivity contribution in [2.24, 2.45) is 10.2 Å². The molecule has 0 aliphatic heterocycles. The van der Waals surface area contributed by atoms with E-state index in [1.54, 1.807) is 6.92 Å². The molecule has 2 aromatic carbocycles. The number of esters is 1. The number of nitrogens with zero attached hydrogens (tertiary/aromatic N) is 2. The molecule has 0 saturated carbocycles. The molecule has 0 atom stereocenters. The van der Waals surface area contributed by atoms with Gasteiger partial charge in [0.1, 0.15) is 11.5 Å². The molecule has 0 amide bonds. The Morgan fingerprint density at radius 2 is 1.55 bits per heavy atom. The van der Waals surface area contributed by atoms with Crippen LogP contribution in [0, 0.1) is 6.92 Å². The van der Waals surface area contributed by atoms with Crippen molar-refractivity contribution in [1.29, 1.82) is 0 Å². The molecule has 0 aromatic heterocycles. The van der Waals surface area contributed by atoms with Crippen molar-refractivity contribution in [3.63, 3.8) is 0 Å². The predicted molar refractivity (Wildman–Crippen MR) is 123 cm³/mol. The molecule has 0 spiro atoms. The summed E-state index contributed by atoms with van der Waals surface area (Å²) in [5, 5.41) is 8.58. The van der Waals surface area contributed by atoms with E-state index in [4.69, 9.17) is 14.2 Å². The fourth-order valence-electron chi connectivity index (χ4n) is 2.78. The van der Waals surface area contributed by atoms with Gasteiger partial charge in [0.05, 0.1) is 31.2 Å². The minimum absolute atomic E-state index is 0.318. The van der Waals surface area contributed by atoms with Crippen molar-refractivity contribution in [3.8, 4) is 11.5 Å². The number of aryl methyl sites for hydroxylation is 1. The number of carbonyl (C=O) groups excluding carboxylic acids is 1. The zero-order valence-electron chi connectivity index (χ0n) is 18.7. The fraction of sp³-hybridized carbons (Fsp3) is 0.400. The molecule has 0 fully saturated rings. The third kappa shape index (κ3) is 9.03. The summed E-state index contributed by atoms with van der Waals surface area (Å²) >= 11 is 0. The number of hydrogen-bond acceptors (Lipinski definition) is 6. The molecule has 0 saturated heterocycles. The maximum atomic E-state index is 11.3. The van der Waals surface area contributed by atoms with Gasteiger partial charge in [0.25, 0.3) is 0 Å². The Balaban J connectivity index is 1.70. The van der Waals surface area contributed by atoms with Gasteiger partial charge in [-0.2, -0.15) is 10.2 Å². The zero-order valence-corrected chi connectivity index (χ0v) is 18.7. The molecule has 0 aliphatic rings. The summed E-state index contributed by atoms with van der Waals surface area (Å²) in [5.41, 5.74) is 3.01. The zero-order chi connectivity index (χ0) is 22.5. The Morgan fingerprint density at radius 1 is 0.903 bits per heavy atom. The molecule has 0 unspecified atom stereocenters. The second-order valence-electron chi connectivity index (χ2n) is 7.26. The Labute approximate surface area is 184 Å². The molecule has 6 heteroatoms. The largest absolute Gasteiger partial charge is 0.494 e. The lowest BCUT2D eigenvalue weighted by Crippen LogP contribution is -2.06. The minimum atomic E-state index is -0.318. The molecule has 6 nitrogen and oxygen atoms in total. The fourth-order valence-corrected chi connectivity index (χ4v) is 2.78. The van der Waals surface area contributed by atoms with Gasteiger partial charge in [-0.05, 0) is 94.5 Å². The summed E-state index contributed by atoms with van der Waals surface area (Å²) in [6, 6.07) is 13.3. The van der Waals surface area contributed by atoms with E-state index in [2.05, 4.69) is 16.8 Å². The average Bonchev–Trinajstić information content (AvgIpc) is 2.76. The van der Waals surface area contributed by atoms with Crippen LogP contribution in [0.25, 0.3) is 0 Å². The van der Waals surface area contributed by atoms with Crippen LogP contribution in [-0.2, 0) is 9.53 Å². The number of azo groups is 1. The smallest absolute Gasteiger partial charge is 0.333 e. The van der Waals surface area contributed by atoms with Crippen LogP contribution >= 0.6 is 0 Å². The van der Waals surface area contributed by atoms with Crippen LogP contribution < -0.4 is 9.47 Å². The van der Waals surface area contributed by atoms with Crippen molar-refractivity contribution in [1.82, 2.24) is 0 Å². The van der Waals surface area contributed by atoms with Crippen molar-refractivity contribution < 1.29 is 19.0 Å². The van der Waals surface area contributed by atoms with Crippen molar-refractivity contribution in [3.05, 3.63) is 60.2 Å². The number of rotatable bonds is 13. The lowest BCUT2D eigenvalue weighted by molar-refractivity contribution is -0.139. The third-order valence-electron chi connectivity index (χ3n) is 4.47. The molecule has 0 heterocycles. The van der Waals surface area contributed by atoms with E-state index in [-0.39, 0.29) is 5.97 Å². The van der Waals surface area contributed by atoms with Crippen LogP contribution in [0.5, 0.6) is 11.5 Å². The van der Waals surface area contributed by atoms with Gasteiger partial charge >= 0.3 is 5.97 Å². The second kappa shape index (κ2) is 13.2. The first kappa shape index (κ1) is 24.1. The third-order valence-corrected chi connectivity index (χ3v) is 4.47. The molecule has 2 aromatic rings. The molecule has 0 aliphatic carbocycles. The second-order valence-corrected chi connectivity index (χ2v) is 7.26. The summed E-state index contributed by atoms with van der Waals surface area (Å²) in [5.74, 6) is 1.36. The van der Waals surface area contributed by atoms with Gasteiger partial charge in [-0.3, -0.25) is 0 Å². The average molecular weight is 425 g/mol. The number of carbonyl (C=O) groups is 1. The maximum absolute atomic E-state index is 11.3. The van der Waals surface area contributed by atoms with Gasteiger partial charge in [-0.1, -0.05) is 6.58 Å². The van der Waals surface area contributed by atoms with Gasteiger partial charge in [0.2, 0.25) is 0 Å². The molecule has 0 radical (unpaired) electrons. The Hall–Kier alpha value is -3.15. The van der Waals surface area contributed by atoms with Gasteiger partial charge < -0.3 is 14.2 Å². The van der Waals surface area contributed by atoms with Crippen LogP contribution in [0.15, 0.2) is 64.8 Å². The SMILES string of the molecule is C=C(C)C(=O)OCCCCCCOc1ccc(N=Nc2ccc(OCC)cc2)cc1C. The first-order chi connectivity index (χ1) is 15.0. The summed E-state index contributed by atoms with van der Waals surface area (Å²) in [6.45, 7) is 10.9. The summed E-state index contributed by atoms with van der Waals surface area (Å²) in [4.78, 5) is 11.3. The molecule has 0 bridgehead atoms. The Morgan fingerprint density at radius 3 is 2.19 bits per heavy atom. The van der Waals surface area contributed by atoms with Crippen molar-refractivity contribution in [2.75, 3.05) is 19.8 Å². The van der Waals surface area contributed by atoms with Gasteiger partial charge in [-0.25, -0.2) is 4.79 Å². The van der Waals surface area contributed by atoms with Crippen LogP contribution in [0.3, 0.4) is 0 Å². The highest BCUT2D eigenvalue weighted by Crippen LogP contribution is 2.26. The highest BCUT2D eigenvalue weighted by molar-refractivity contribution is 5.86. The lowest BCUT2D eigenvalue weighted by Gasteiger charge is -2.09. The molecule has 31 heavy (non-hydrogen) atoms. The van der Waals surface area contributed by atoms with E-state index in [1.807, 2.05) is 56.3 Å². The topological polar surface area (TPSA) is 69.5 Å². The number of ether oxygens (including phenoxy) is 3. The summed E-state index contributed by atoms with van der Waals surface area (Å²) < 4.78 is 16.4.